The highest BCUT2D eigenvalue weighted by molar-refractivity contribution is 6.06. The number of nitrogens with one attached hydrogen (secondary N) is 1. The van der Waals surface area contributed by atoms with E-state index in [-0.39, 0.29) is 17.9 Å². The van der Waals surface area contributed by atoms with E-state index in [2.05, 4.69) is 23.9 Å². The van der Waals surface area contributed by atoms with E-state index < -0.39 is 0 Å². The topological polar surface area (TPSA) is 79.7 Å². The van der Waals surface area contributed by atoms with E-state index in [9.17, 15) is 4.79 Å². The van der Waals surface area contributed by atoms with Gasteiger partial charge in [-0.05, 0) is 43.9 Å². The summed E-state index contributed by atoms with van der Waals surface area (Å²) in [7, 11) is 1.88. The molecule has 7 nitrogen and oxygen atoms in total. The highest BCUT2D eigenvalue weighted by Crippen LogP contribution is 2.34. The van der Waals surface area contributed by atoms with E-state index >= 15 is 0 Å². The number of aromatic nitrogens is 5. The standard InChI is InChI=1S/C23H26N6O/c1-13(2)18-12-15(20-14(3)27-28(4)22(20)26-18)23(30)29-11-7-10-19(29)21-24-16-8-5-6-9-17(16)25-21/h5-6,8-9,12-13,19H,7,10-11H2,1-4H3,(H,24,25)/t19-/m1/s1. The van der Waals surface area contributed by atoms with Gasteiger partial charge in [0, 0.05) is 19.3 Å². The van der Waals surface area contributed by atoms with Gasteiger partial charge in [-0.2, -0.15) is 5.10 Å². The molecule has 1 N–H and O–H groups in total. The van der Waals surface area contributed by atoms with Crippen molar-refractivity contribution < 1.29 is 4.79 Å². The third-order valence-corrected chi connectivity index (χ3v) is 6.05. The molecule has 7 heteroatoms. The fourth-order valence-electron chi connectivity index (χ4n) is 4.51. The quantitative estimate of drug-likeness (QED) is 0.555. The summed E-state index contributed by atoms with van der Waals surface area (Å²) in [5.41, 5.74) is 5.14. The molecular weight excluding hydrogens is 376 g/mol. The summed E-state index contributed by atoms with van der Waals surface area (Å²) < 4.78 is 1.77. The molecule has 1 amide bonds. The first-order valence-electron chi connectivity index (χ1n) is 10.5. The molecule has 1 aliphatic rings. The molecule has 30 heavy (non-hydrogen) atoms. The highest BCUT2D eigenvalue weighted by Gasteiger charge is 2.34. The molecule has 154 valence electrons. The molecule has 4 aromatic rings. The van der Waals surface area contributed by atoms with Gasteiger partial charge >= 0.3 is 0 Å². The van der Waals surface area contributed by atoms with E-state index in [4.69, 9.17) is 9.97 Å². The van der Waals surface area contributed by atoms with E-state index in [0.717, 1.165) is 58.7 Å². The lowest BCUT2D eigenvalue weighted by atomic mass is 10.0. The van der Waals surface area contributed by atoms with Crippen molar-refractivity contribution in [2.45, 2.75) is 45.6 Å². The monoisotopic (exact) mass is 402 g/mol. The van der Waals surface area contributed by atoms with Crippen LogP contribution in [-0.4, -0.2) is 42.1 Å². The number of rotatable bonds is 3. The lowest BCUT2D eigenvalue weighted by Crippen LogP contribution is -2.31. The Morgan fingerprint density at radius 2 is 2.03 bits per heavy atom. The predicted octanol–water partition coefficient (Wildman–Crippen LogP) is 4.25. The molecule has 0 bridgehead atoms. The summed E-state index contributed by atoms with van der Waals surface area (Å²) in [5, 5.41) is 5.38. The largest absolute Gasteiger partial charge is 0.340 e. The Labute approximate surface area is 175 Å². The summed E-state index contributed by atoms with van der Waals surface area (Å²) in [6.07, 6.45) is 1.87. The summed E-state index contributed by atoms with van der Waals surface area (Å²) >= 11 is 0. The third-order valence-electron chi connectivity index (χ3n) is 6.05. The third kappa shape index (κ3) is 2.88. The maximum Gasteiger partial charge on any atom is 0.255 e. The average Bonchev–Trinajstić information content (AvgIpc) is 3.44. The first-order valence-corrected chi connectivity index (χ1v) is 10.5. The van der Waals surface area contributed by atoms with Gasteiger partial charge in [0.05, 0.1) is 33.7 Å². The van der Waals surface area contributed by atoms with Crippen LogP contribution in [0.1, 0.15) is 66.2 Å². The van der Waals surface area contributed by atoms with E-state index in [1.165, 1.54) is 0 Å². The van der Waals surface area contributed by atoms with Crippen molar-refractivity contribution in [1.82, 2.24) is 29.6 Å². The van der Waals surface area contributed by atoms with Gasteiger partial charge < -0.3 is 9.88 Å². The number of likely N-dealkylation sites (tertiary alicyclic amines) is 1. The zero-order chi connectivity index (χ0) is 21.0. The minimum atomic E-state index is -0.0485. The molecule has 0 saturated carbocycles. The number of carbonyl (C=O) groups is 1. The molecule has 1 saturated heterocycles. The molecule has 0 radical (unpaired) electrons. The molecule has 0 spiro atoms. The Morgan fingerprint density at radius 1 is 1.23 bits per heavy atom. The van der Waals surface area contributed by atoms with Crippen LogP contribution >= 0.6 is 0 Å². The van der Waals surface area contributed by atoms with Crippen molar-refractivity contribution in [3.8, 4) is 0 Å². The van der Waals surface area contributed by atoms with Crippen LogP contribution in [-0.2, 0) is 7.05 Å². The molecule has 1 atom stereocenters. The molecular formula is C23H26N6O. The van der Waals surface area contributed by atoms with Gasteiger partial charge in [-0.1, -0.05) is 26.0 Å². The Bertz CT molecular complexity index is 1230. The number of para-hydroxylation sites is 2. The Kier molecular flexibility index (Phi) is 4.34. The lowest BCUT2D eigenvalue weighted by molar-refractivity contribution is 0.0732. The lowest BCUT2D eigenvalue weighted by Gasteiger charge is -2.24. The zero-order valence-corrected chi connectivity index (χ0v) is 17.8. The fourth-order valence-corrected chi connectivity index (χ4v) is 4.51. The Morgan fingerprint density at radius 3 is 2.80 bits per heavy atom. The number of hydrogen-bond donors (Lipinski definition) is 1. The second kappa shape index (κ2) is 6.93. The van der Waals surface area contributed by atoms with Crippen LogP contribution in [0.5, 0.6) is 0 Å². The van der Waals surface area contributed by atoms with Crippen molar-refractivity contribution in [3.05, 3.63) is 53.1 Å². The summed E-state index contributed by atoms with van der Waals surface area (Å²) in [5.74, 6) is 1.11. The molecule has 1 aliphatic heterocycles. The number of nitrogens with zero attached hydrogens (tertiary/aromatic N) is 5. The number of carbonyl (C=O) groups excluding carboxylic acids is 1. The predicted molar refractivity (Wildman–Crippen MR) is 116 cm³/mol. The minimum Gasteiger partial charge on any atom is -0.340 e. The van der Waals surface area contributed by atoms with E-state index in [1.54, 1.807) is 4.68 Å². The van der Waals surface area contributed by atoms with Crippen LogP contribution in [0.15, 0.2) is 30.3 Å². The summed E-state index contributed by atoms with van der Waals surface area (Å²) in [6.45, 7) is 6.86. The van der Waals surface area contributed by atoms with Gasteiger partial charge in [-0.25, -0.2) is 9.97 Å². The number of pyridine rings is 1. The zero-order valence-electron chi connectivity index (χ0n) is 17.8. The molecule has 1 aromatic carbocycles. The van der Waals surface area contributed by atoms with Crippen LogP contribution in [0.2, 0.25) is 0 Å². The van der Waals surface area contributed by atoms with E-state index in [0.29, 0.717) is 5.56 Å². The van der Waals surface area contributed by atoms with Crippen molar-refractivity contribution in [1.29, 1.82) is 0 Å². The number of aromatic amines is 1. The van der Waals surface area contributed by atoms with Gasteiger partial charge in [-0.15, -0.1) is 0 Å². The SMILES string of the molecule is Cc1nn(C)c2nc(C(C)C)cc(C(=O)N3CCC[C@@H]3c3nc4ccccc4[nH]3)c12. The molecule has 1 fully saturated rings. The van der Waals surface area contributed by atoms with Gasteiger partial charge in [0.2, 0.25) is 0 Å². The van der Waals surface area contributed by atoms with E-state index in [1.807, 2.05) is 49.2 Å². The normalized spacial score (nSPS) is 17.0. The van der Waals surface area contributed by atoms with Gasteiger partial charge in [0.1, 0.15) is 5.82 Å². The second-order valence-electron chi connectivity index (χ2n) is 8.45. The van der Waals surface area contributed by atoms with Crippen LogP contribution in [0, 0.1) is 6.92 Å². The number of fused-ring (bicyclic) bond motifs is 2. The van der Waals surface area contributed by atoms with Crippen molar-refractivity contribution in [2.75, 3.05) is 6.54 Å². The molecule has 3 aromatic heterocycles. The van der Waals surface area contributed by atoms with Crippen LogP contribution in [0.3, 0.4) is 0 Å². The minimum absolute atomic E-state index is 0.0309. The smallest absolute Gasteiger partial charge is 0.255 e. The van der Waals surface area contributed by atoms with Crippen molar-refractivity contribution >= 4 is 28.0 Å². The van der Waals surface area contributed by atoms with Gasteiger partial charge in [-0.3, -0.25) is 9.48 Å². The van der Waals surface area contributed by atoms with Crippen molar-refractivity contribution in [2.24, 2.45) is 7.05 Å². The number of H-pyrrole nitrogens is 1. The number of amides is 1. The molecule has 0 aliphatic carbocycles. The average molecular weight is 403 g/mol. The molecule has 4 heterocycles. The van der Waals surface area contributed by atoms with Gasteiger partial charge in [0.15, 0.2) is 5.65 Å². The summed E-state index contributed by atoms with van der Waals surface area (Å²) in [4.78, 5) is 28.8. The van der Waals surface area contributed by atoms with Crippen LogP contribution in [0.4, 0.5) is 0 Å². The highest BCUT2D eigenvalue weighted by atomic mass is 16.2. The molecule has 0 unspecified atom stereocenters. The second-order valence-corrected chi connectivity index (χ2v) is 8.45. The maximum atomic E-state index is 13.8. The Hall–Kier alpha value is -3.22. The van der Waals surface area contributed by atoms with Crippen LogP contribution < -0.4 is 0 Å². The molecule has 5 rings (SSSR count). The Balaban J connectivity index is 1.60. The number of hydrogen-bond acceptors (Lipinski definition) is 4. The number of aryl methyl sites for hydroxylation is 2. The van der Waals surface area contributed by atoms with Crippen LogP contribution in [0.25, 0.3) is 22.1 Å². The fraction of sp³-hybridized carbons (Fsp3) is 0.391. The first-order chi connectivity index (χ1) is 14.4. The van der Waals surface area contributed by atoms with Crippen molar-refractivity contribution in [3.63, 3.8) is 0 Å². The maximum absolute atomic E-state index is 13.8. The summed E-state index contributed by atoms with van der Waals surface area (Å²) in [6, 6.07) is 9.90. The van der Waals surface area contributed by atoms with Gasteiger partial charge in [0.25, 0.3) is 5.91 Å². The first kappa shape index (κ1) is 18.8. The number of imidazole rings is 1. The number of benzene rings is 1.